The first kappa shape index (κ1) is 11.4. The highest BCUT2D eigenvalue weighted by Crippen LogP contribution is 2.19. The van der Waals surface area contributed by atoms with Gasteiger partial charge < -0.3 is 4.90 Å². The molecule has 1 unspecified atom stereocenters. The van der Waals surface area contributed by atoms with Crippen LogP contribution in [0.5, 0.6) is 0 Å². The molecule has 1 saturated heterocycles. The van der Waals surface area contributed by atoms with Gasteiger partial charge in [-0.15, -0.1) is 11.6 Å². The van der Waals surface area contributed by atoms with E-state index < -0.39 is 0 Å². The molecule has 0 aliphatic carbocycles. The zero-order valence-corrected chi connectivity index (χ0v) is 9.86. The number of hydrogen-bond donors (Lipinski definition) is 0. The third-order valence-corrected chi connectivity index (χ3v) is 3.34. The fraction of sp³-hybridized carbons (Fsp3) is 0.500. The number of rotatable bonds is 4. The number of alkyl halides is 1. The second-order valence-electron chi connectivity index (χ2n) is 4.18. The van der Waals surface area contributed by atoms with E-state index in [9.17, 15) is 4.79 Å². The summed E-state index contributed by atoms with van der Waals surface area (Å²) in [4.78, 5) is 17.6. The van der Waals surface area contributed by atoms with E-state index in [-0.39, 0.29) is 5.91 Å². The second-order valence-corrected chi connectivity index (χ2v) is 4.48. The monoisotopic (exact) mass is 238 g/mol. The standard InChI is InChI=1S/C12H15ClN2O/c13-7-11-6-12(16)15(9-11)5-3-10-2-1-4-14-8-10/h1-2,4,8,11H,3,5-7,9H2. The Labute approximate surface area is 100 Å². The van der Waals surface area contributed by atoms with Crippen molar-refractivity contribution in [2.45, 2.75) is 12.8 Å². The van der Waals surface area contributed by atoms with E-state index in [0.29, 0.717) is 18.2 Å². The quantitative estimate of drug-likeness (QED) is 0.749. The predicted molar refractivity (Wildman–Crippen MR) is 63.3 cm³/mol. The number of nitrogens with zero attached hydrogens (tertiary/aromatic N) is 2. The van der Waals surface area contributed by atoms with Crippen molar-refractivity contribution in [3.8, 4) is 0 Å². The van der Waals surface area contributed by atoms with E-state index in [1.807, 2.05) is 23.2 Å². The van der Waals surface area contributed by atoms with Gasteiger partial charge in [0, 0.05) is 37.8 Å². The Morgan fingerprint density at radius 3 is 3.06 bits per heavy atom. The molecule has 0 saturated carbocycles. The van der Waals surface area contributed by atoms with Crippen molar-refractivity contribution < 1.29 is 4.79 Å². The summed E-state index contributed by atoms with van der Waals surface area (Å²) in [6.07, 6.45) is 5.08. The van der Waals surface area contributed by atoms with Crippen LogP contribution < -0.4 is 0 Å². The maximum absolute atomic E-state index is 11.6. The summed E-state index contributed by atoms with van der Waals surface area (Å²) in [6, 6.07) is 3.95. The minimum atomic E-state index is 0.231. The molecule has 2 rings (SSSR count). The van der Waals surface area contributed by atoms with Crippen molar-refractivity contribution in [1.82, 2.24) is 9.88 Å². The molecule has 0 aromatic carbocycles. The van der Waals surface area contributed by atoms with Gasteiger partial charge in [0.05, 0.1) is 0 Å². The number of hydrogen-bond acceptors (Lipinski definition) is 2. The molecule has 1 aromatic rings. The average Bonchev–Trinajstić information content (AvgIpc) is 2.69. The summed E-state index contributed by atoms with van der Waals surface area (Å²) in [5.74, 6) is 1.15. The van der Waals surface area contributed by atoms with Crippen LogP contribution in [0.2, 0.25) is 0 Å². The normalized spacial score (nSPS) is 20.4. The number of aromatic nitrogens is 1. The lowest BCUT2D eigenvalue weighted by atomic mass is 10.1. The van der Waals surface area contributed by atoms with Crippen molar-refractivity contribution in [3.05, 3.63) is 30.1 Å². The topological polar surface area (TPSA) is 33.2 Å². The minimum Gasteiger partial charge on any atom is -0.342 e. The summed E-state index contributed by atoms with van der Waals surface area (Å²) < 4.78 is 0. The molecule has 2 heterocycles. The van der Waals surface area contributed by atoms with Gasteiger partial charge in [0.2, 0.25) is 5.91 Å². The zero-order chi connectivity index (χ0) is 11.4. The molecule has 1 fully saturated rings. The molecule has 86 valence electrons. The first-order valence-corrected chi connectivity index (χ1v) is 6.05. The molecule has 1 aliphatic heterocycles. The molecule has 1 atom stereocenters. The van der Waals surface area contributed by atoms with Crippen LogP contribution in [0.25, 0.3) is 0 Å². The van der Waals surface area contributed by atoms with Gasteiger partial charge in [-0.2, -0.15) is 0 Å². The van der Waals surface area contributed by atoms with Crippen LogP contribution in [-0.2, 0) is 11.2 Å². The molecule has 1 amide bonds. The van der Waals surface area contributed by atoms with Gasteiger partial charge in [0.15, 0.2) is 0 Å². The maximum atomic E-state index is 11.6. The maximum Gasteiger partial charge on any atom is 0.222 e. The number of carbonyl (C=O) groups is 1. The molecule has 0 spiro atoms. The summed E-state index contributed by atoms with van der Waals surface area (Å²) in [5, 5.41) is 0. The van der Waals surface area contributed by atoms with Gasteiger partial charge in [-0.05, 0) is 24.0 Å². The number of amides is 1. The Morgan fingerprint density at radius 1 is 1.56 bits per heavy atom. The molecule has 0 bridgehead atoms. The van der Waals surface area contributed by atoms with Crippen molar-refractivity contribution in [3.63, 3.8) is 0 Å². The first-order chi connectivity index (χ1) is 7.79. The molecule has 4 heteroatoms. The lowest BCUT2D eigenvalue weighted by Gasteiger charge is -2.15. The van der Waals surface area contributed by atoms with Crippen LogP contribution >= 0.6 is 11.6 Å². The van der Waals surface area contributed by atoms with Crippen molar-refractivity contribution in [2.75, 3.05) is 19.0 Å². The van der Waals surface area contributed by atoms with Crippen molar-refractivity contribution in [1.29, 1.82) is 0 Å². The number of likely N-dealkylation sites (tertiary alicyclic amines) is 1. The number of pyridine rings is 1. The third-order valence-electron chi connectivity index (χ3n) is 2.91. The highest BCUT2D eigenvalue weighted by atomic mass is 35.5. The Bertz CT molecular complexity index is 355. The number of carbonyl (C=O) groups excluding carboxylic acids is 1. The summed E-state index contributed by atoms with van der Waals surface area (Å²) in [6.45, 7) is 1.58. The van der Waals surface area contributed by atoms with Crippen molar-refractivity contribution >= 4 is 17.5 Å². The van der Waals surface area contributed by atoms with Gasteiger partial charge in [0.25, 0.3) is 0 Å². The van der Waals surface area contributed by atoms with Crippen LogP contribution in [0.1, 0.15) is 12.0 Å². The van der Waals surface area contributed by atoms with Crippen LogP contribution in [0.15, 0.2) is 24.5 Å². The van der Waals surface area contributed by atoms with E-state index in [4.69, 9.17) is 11.6 Å². The SMILES string of the molecule is O=C1CC(CCl)CN1CCc1cccnc1. The van der Waals surface area contributed by atoms with E-state index >= 15 is 0 Å². The second kappa shape index (κ2) is 5.30. The highest BCUT2D eigenvalue weighted by Gasteiger charge is 2.28. The molecule has 0 N–H and O–H groups in total. The van der Waals surface area contributed by atoms with Gasteiger partial charge in [-0.3, -0.25) is 9.78 Å². The van der Waals surface area contributed by atoms with E-state index in [2.05, 4.69) is 4.98 Å². The van der Waals surface area contributed by atoms with E-state index in [0.717, 1.165) is 19.5 Å². The van der Waals surface area contributed by atoms with Crippen molar-refractivity contribution in [2.24, 2.45) is 5.92 Å². The van der Waals surface area contributed by atoms with Crippen LogP contribution in [0.3, 0.4) is 0 Å². The summed E-state index contributed by atoms with van der Waals surface area (Å²) in [5.41, 5.74) is 1.17. The molecule has 3 nitrogen and oxygen atoms in total. The fourth-order valence-corrected chi connectivity index (χ4v) is 2.19. The van der Waals surface area contributed by atoms with Gasteiger partial charge in [-0.1, -0.05) is 6.07 Å². The molecule has 16 heavy (non-hydrogen) atoms. The largest absolute Gasteiger partial charge is 0.342 e. The molecule has 0 radical (unpaired) electrons. The lowest BCUT2D eigenvalue weighted by molar-refractivity contribution is -0.127. The van der Waals surface area contributed by atoms with E-state index in [1.165, 1.54) is 5.56 Å². The fourth-order valence-electron chi connectivity index (χ4n) is 1.98. The molecule has 1 aromatic heterocycles. The molecule has 1 aliphatic rings. The van der Waals surface area contributed by atoms with Crippen LogP contribution in [-0.4, -0.2) is 34.8 Å². The minimum absolute atomic E-state index is 0.231. The predicted octanol–water partition coefficient (Wildman–Crippen LogP) is 1.71. The smallest absolute Gasteiger partial charge is 0.222 e. The Balaban J connectivity index is 1.85. The highest BCUT2D eigenvalue weighted by molar-refractivity contribution is 6.18. The van der Waals surface area contributed by atoms with Gasteiger partial charge in [-0.25, -0.2) is 0 Å². The summed E-state index contributed by atoms with van der Waals surface area (Å²) in [7, 11) is 0. The Hall–Kier alpha value is -1.09. The van der Waals surface area contributed by atoms with Gasteiger partial charge in [0.1, 0.15) is 0 Å². The zero-order valence-electron chi connectivity index (χ0n) is 9.10. The Morgan fingerprint density at radius 2 is 2.44 bits per heavy atom. The van der Waals surface area contributed by atoms with E-state index in [1.54, 1.807) is 6.20 Å². The third kappa shape index (κ3) is 2.73. The molecular weight excluding hydrogens is 224 g/mol. The van der Waals surface area contributed by atoms with Crippen LogP contribution in [0.4, 0.5) is 0 Å². The average molecular weight is 239 g/mol. The van der Waals surface area contributed by atoms with Gasteiger partial charge >= 0.3 is 0 Å². The Kier molecular flexibility index (Phi) is 3.78. The van der Waals surface area contributed by atoms with Crippen LogP contribution in [0, 0.1) is 5.92 Å². The first-order valence-electron chi connectivity index (χ1n) is 5.52. The lowest BCUT2D eigenvalue weighted by Crippen LogP contribution is -2.27. The molecular formula is C12H15ClN2O. The number of halogens is 1. The summed E-state index contributed by atoms with van der Waals surface area (Å²) >= 11 is 5.77.